The van der Waals surface area contributed by atoms with Gasteiger partial charge in [-0.2, -0.15) is 0 Å². The van der Waals surface area contributed by atoms with Crippen molar-refractivity contribution in [2.45, 2.75) is 6.92 Å². The summed E-state index contributed by atoms with van der Waals surface area (Å²) in [6.07, 6.45) is 1.64. The van der Waals surface area contributed by atoms with Gasteiger partial charge in [0.25, 0.3) is 5.91 Å². The van der Waals surface area contributed by atoms with Gasteiger partial charge in [-0.1, -0.05) is 22.0 Å². The number of hydrogen-bond acceptors (Lipinski definition) is 6. The molecule has 7 nitrogen and oxygen atoms in total. The first-order valence-corrected chi connectivity index (χ1v) is 9.82. The normalized spacial score (nSPS) is 16.5. The lowest BCUT2D eigenvalue weighted by Gasteiger charge is -2.18. The van der Waals surface area contributed by atoms with Crippen LogP contribution in [0.15, 0.2) is 57.7 Å². The Kier molecular flexibility index (Phi) is 5.26. The quantitative estimate of drug-likeness (QED) is 0.494. The lowest BCUT2D eigenvalue weighted by molar-refractivity contribution is -0.136. The Balaban J connectivity index is 1.84. The number of ether oxygens (including phenoxy) is 4. The van der Waals surface area contributed by atoms with Crippen LogP contribution in [-0.4, -0.2) is 32.9 Å². The predicted octanol–water partition coefficient (Wildman–Crippen LogP) is 4.06. The van der Waals surface area contributed by atoms with Gasteiger partial charge in [-0.05, 0) is 42.8 Å². The monoisotopic (exact) mass is 471 g/mol. The molecule has 154 valence electrons. The summed E-state index contributed by atoms with van der Waals surface area (Å²) in [6.45, 7) is 1.84. The maximum Gasteiger partial charge on any atom is 0.340 e. The second-order valence-electron chi connectivity index (χ2n) is 6.58. The van der Waals surface area contributed by atoms with Crippen LogP contribution in [0.25, 0.3) is 6.08 Å². The van der Waals surface area contributed by atoms with Gasteiger partial charge in [-0.25, -0.2) is 4.79 Å². The molecule has 0 saturated carbocycles. The highest BCUT2D eigenvalue weighted by atomic mass is 79.9. The third-order valence-electron chi connectivity index (χ3n) is 4.89. The van der Waals surface area contributed by atoms with Crippen LogP contribution in [-0.2, 0) is 14.3 Å². The van der Waals surface area contributed by atoms with E-state index < -0.39 is 5.97 Å². The molecule has 4 rings (SSSR count). The minimum atomic E-state index is -0.589. The molecule has 0 aliphatic carbocycles. The van der Waals surface area contributed by atoms with E-state index in [1.54, 1.807) is 56.5 Å². The smallest absolute Gasteiger partial charge is 0.340 e. The van der Waals surface area contributed by atoms with Crippen molar-refractivity contribution < 1.29 is 28.5 Å². The van der Waals surface area contributed by atoms with Crippen LogP contribution in [0.4, 0.5) is 5.69 Å². The standard InChI is InChI=1S/C22H18BrNO6/c1-12-20(22(26)28-3)16(7-13-8-18-19(10-17(13)23)30-11-29-18)21(25)24(12)14-5-4-6-15(9-14)27-2/h4-10H,11H2,1-3H3/b16-7+. The molecule has 0 aromatic heterocycles. The number of esters is 1. The molecule has 0 N–H and O–H groups in total. The number of carbonyl (C=O) groups is 2. The number of rotatable bonds is 4. The highest BCUT2D eigenvalue weighted by Crippen LogP contribution is 2.40. The van der Waals surface area contributed by atoms with E-state index in [9.17, 15) is 9.59 Å². The summed E-state index contributed by atoms with van der Waals surface area (Å²) in [4.78, 5) is 27.4. The number of hydrogen-bond donors (Lipinski definition) is 0. The lowest BCUT2D eigenvalue weighted by atomic mass is 10.0. The van der Waals surface area contributed by atoms with Crippen LogP contribution >= 0.6 is 15.9 Å². The second kappa shape index (κ2) is 7.87. The Bertz CT molecular complexity index is 1120. The van der Waals surface area contributed by atoms with Gasteiger partial charge in [-0.3, -0.25) is 9.69 Å². The Labute approximate surface area is 181 Å². The number of carbonyl (C=O) groups excluding carboxylic acids is 2. The van der Waals surface area contributed by atoms with E-state index in [0.29, 0.717) is 38.7 Å². The minimum Gasteiger partial charge on any atom is -0.497 e. The molecule has 2 aromatic rings. The van der Waals surface area contributed by atoms with E-state index >= 15 is 0 Å². The van der Waals surface area contributed by atoms with Crippen molar-refractivity contribution in [2.24, 2.45) is 0 Å². The maximum absolute atomic E-state index is 13.4. The molecule has 0 atom stereocenters. The third kappa shape index (κ3) is 3.33. The number of benzene rings is 2. The highest BCUT2D eigenvalue weighted by Gasteiger charge is 2.38. The molecule has 2 aromatic carbocycles. The van der Waals surface area contributed by atoms with Gasteiger partial charge < -0.3 is 18.9 Å². The number of amides is 1. The molecule has 0 bridgehead atoms. The zero-order valence-corrected chi connectivity index (χ0v) is 18.1. The van der Waals surface area contributed by atoms with E-state index in [0.717, 1.165) is 0 Å². The Morgan fingerprint density at radius 2 is 1.90 bits per heavy atom. The topological polar surface area (TPSA) is 74.3 Å². The van der Waals surface area contributed by atoms with Crippen molar-refractivity contribution in [2.75, 3.05) is 25.9 Å². The molecule has 0 fully saturated rings. The summed E-state index contributed by atoms with van der Waals surface area (Å²) in [7, 11) is 2.84. The fourth-order valence-corrected chi connectivity index (χ4v) is 3.88. The summed E-state index contributed by atoms with van der Waals surface area (Å²) in [6, 6.07) is 10.6. The van der Waals surface area contributed by atoms with Crippen molar-refractivity contribution in [3.8, 4) is 17.2 Å². The molecule has 30 heavy (non-hydrogen) atoms. The molecule has 0 saturated heterocycles. The van der Waals surface area contributed by atoms with Gasteiger partial charge in [0.15, 0.2) is 11.5 Å². The number of halogens is 1. The minimum absolute atomic E-state index is 0.136. The Morgan fingerprint density at radius 1 is 1.17 bits per heavy atom. The van der Waals surface area contributed by atoms with Gasteiger partial charge in [0.05, 0.1) is 31.1 Å². The number of allylic oxidation sites excluding steroid dienone is 1. The van der Waals surface area contributed by atoms with Gasteiger partial charge in [0.1, 0.15) is 5.75 Å². The third-order valence-corrected chi connectivity index (χ3v) is 5.58. The molecule has 0 radical (unpaired) electrons. The highest BCUT2D eigenvalue weighted by molar-refractivity contribution is 9.10. The first-order chi connectivity index (χ1) is 14.4. The summed E-state index contributed by atoms with van der Waals surface area (Å²) in [5.41, 5.74) is 2.16. The number of fused-ring (bicyclic) bond motifs is 1. The van der Waals surface area contributed by atoms with Gasteiger partial charge in [-0.15, -0.1) is 0 Å². The van der Waals surface area contributed by atoms with Crippen molar-refractivity contribution in [1.82, 2.24) is 0 Å². The van der Waals surface area contributed by atoms with E-state index in [-0.39, 0.29) is 23.8 Å². The molecule has 0 unspecified atom stereocenters. The first kappa shape index (κ1) is 20.0. The number of methoxy groups -OCH3 is 2. The average Bonchev–Trinajstić information content (AvgIpc) is 3.29. The Morgan fingerprint density at radius 3 is 2.60 bits per heavy atom. The lowest BCUT2D eigenvalue weighted by Crippen LogP contribution is -2.24. The van der Waals surface area contributed by atoms with Crippen molar-refractivity contribution in [1.29, 1.82) is 0 Å². The SMILES string of the molecule is COC(=O)C1=C(C)N(c2cccc(OC)c2)C(=O)/C1=C/c1cc2c(cc1Br)OCO2. The second-order valence-corrected chi connectivity index (χ2v) is 7.43. The van der Waals surface area contributed by atoms with Crippen LogP contribution in [0.5, 0.6) is 17.2 Å². The van der Waals surface area contributed by atoms with Crippen LogP contribution in [0.2, 0.25) is 0 Å². The maximum atomic E-state index is 13.4. The Hall–Kier alpha value is -3.26. The van der Waals surface area contributed by atoms with Crippen LogP contribution in [0, 0.1) is 0 Å². The molecule has 2 aliphatic heterocycles. The van der Waals surface area contributed by atoms with Crippen LogP contribution in [0.3, 0.4) is 0 Å². The molecule has 0 spiro atoms. The molecule has 1 amide bonds. The van der Waals surface area contributed by atoms with Crippen molar-refractivity contribution >= 4 is 39.6 Å². The first-order valence-electron chi connectivity index (χ1n) is 9.03. The fourth-order valence-electron chi connectivity index (χ4n) is 3.44. The average molecular weight is 472 g/mol. The largest absolute Gasteiger partial charge is 0.497 e. The van der Waals surface area contributed by atoms with Crippen molar-refractivity contribution in [3.63, 3.8) is 0 Å². The summed E-state index contributed by atoms with van der Waals surface area (Å²) in [5, 5.41) is 0. The van der Waals surface area contributed by atoms with E-state index in [1.165, 1.54) is 12.0 Å². The van der Waals surface area contributed by atoms with E-state index in [1.807, 2.05) is 0 Å². The molecule has 8 heteroatoms. The number of nitrogens with zero attached hydrogens (tertiary/aromatic N) is 1. The van der Waals surface area contributed by atoms with Crippen molar-refractivity contribution in [3.05, 3.63) is 63.3 Å². The molecule has 2 heterocycles. The number of anilines is 1. The zero-order chi connectivity index (χ0) is 21.4. The molecular formula is C22H18BrNO6. The summed E-state index contributed by atoms with van der Waals surface area (Å²) in [5.74, 6) is 0.851. The summed E-state index contributed by atoms with van der Waals surface area (Å²) < 4.78 is 21.7. The van der Waals surface area contributed by atoms with Gasteiger partial charge in [0.2, 0.25) is 6.79 Å². The van der Waals surface area contributed by atoms with E-state index in [2.05, 4.69) is 15.9 Å². The van der Waals surface area contributed by atoms with Gasteiger partial charge >= 0.3 is 5.97 Å². The fraction of sp³-hybridized carbons (Fsp3) is 0.182. The van der Waals surface area contributed by atoms with Crippen LogP contribution < -0.4 is 19.1 Å². The molecule has 2 aliphatic rings. The summed E-state index contributed by atoms with van der Waals surface area (Å²) >= 11 is 3.49. The molecular weight excluding hydrogens is 454 g/mol. The predicted molar refractivity (Wildman–Crippen MR) is 113 cm³/mol. The zero-order valence-electron chi connectivity index (χ0n) is 16.5. The van der Waals surface area contributed by atoms with E-state index in [4.69, 9.17) is 18.9 Å². The van der Waals surface area contributed by atoms with Crippen LogP contribution in [0.1, 0.15) is 12.5 Å². The van der Waals surface area contributed by atoms with Gasteiger partial charge in [0, 0.05) is 16.2 Å².